The summed E-state index contributed by atoms with van der Waals surface area (Å²) in [6, 6.07) is 0.493. The fraction of sp³-hybridized carbons (Fsp3) is 0.923. The molecule has 1 heterocycles. The van der Waals surface area contributed by atoms with Crippen LogP contribution in [-0.2, 0) is 9.53 Å². The molecule has 0 aliphatic carbocycles. The molecule has 0 amide bonds. The van der Waals surface area contributed by atoms with Gasteiger partial charge in [0.25, 0.3) is 0 Å². The number of unbranched alkanes of at least 4 members (excludes halogenated alkanes) is 1. The molecule has 0 bridgehead atoms. The third kappa shape index (κ3) is 5.50. The highest BCUT2D eigenvalue weighted by Gasteiger charge is 2.23. The number of carbonyl (C=O) groups is 1. The van der Waals surface area contributed by atoms with Gasteiger partial charge in [-0.05, 0) is 32.9 Å². The summed E-state index contributed by atoms with van der Waals surface area (Å²) in [6.45, 7) is 5.11. The van der Waals surface area contributed by atoms with Crippen LogP contribution in [-0.4, -0.2) is 50.2 Å². The van der Waals surface area contributed by atoms with E-state index in [0.717, 1.165) is 25.9 Å². The minimum atomic E-state index is -0.0681. The lowest BCUT2D eigenvalue weighted by Crippen LogP contribution is -2.47. The molecule has 0 saturated carbocycles. The van der Waals surface area contributed by atoms with Crippen molar-refractivity contribution in [1.82, 2.24) is 10.2 Å². The number of likely N-dealkylation sites (tertiary alicyclic amines) is 1. The monoisotopic (exact) mass is 242 g/mol. The zero-order valence-corrected chi connectivity index (χ0v) is 11.2. The highest BCUT2D eigenvalue weighted by Crippen LogP contribution is 2.16. The average molecular weight is 242 g/mol. The van der Waals surface area contributed by atoms with Gasteiger partial charge in [0.1, 0.15) is 0 Å². The van der Waals surface area contributed by atoms with Crippen molar-refractivity contribution < 1.29 is 9.53 Å². The minimum absolute atomic E-state index is 0.0681. The maximum atomic E-state index is 11.7. The quantitative estimate of drug-likeness (QED) is 0.541. The molecule has 1 fully saturated rings. The van der Waals surface area contributed by atoms with Gasteiger partial charge < -0.3 is 10.1 Å². The molecule has 1 rings (SSSR count). The number of hydrogen-bond acceptors (Lipinski definition) is 4. The number of hydrogen-bond donors (Lipinski definition) is 1. The van der Waals surface area contributed by atoms with Crippen molar-refractivity contribution in [3.8, 4) is 0 Å². The highest BCUT2D eigenvalue weighted by molar-refractivity contribution is 5.71. The van der Waals surface area contributed by atoms with E-state index in [1.807, 2.05) is 7.05 Å². The van der Waals surface area contributed by atoms with Gasteiger partial charge in [-0.25, -0.2) is 0 Å². The number of piperidine rings is 1. The summed E-state index contributed by atoms with van der Waals surface area (Å²) in [6.07, 6.45) is 5.68. The summed E-state index contributed by atoms with van der Waals surface area (Å²) in [5.41, 5.74) is 0. The number of nitrogens with zero attached hydrogens (tertiary/aromatic N) is 1. The third-order valence-corrected chi connectivity index (χ3v) is 3.28. The fourth-order valence-electron chi connectivity index (χ4n) is 2.28. The van der Waals surface area contributed by atoms with Gasteiger partial charge in [-0.1, -0.05) is 19.8 Å². The van der Waals surface area contributed by atoms with Gasteiger partial charge in [-0.2, -0.15) is 0 Å². The molecule has 0 aromatic rings. The Hall–Kier alpha value is -0.610. The molecule has 4 heteroatoms. The van der Waals surface area contributed by atoms with Crippen molar-refractivity contribution in [3.05, 3.63) is 0 Å². The zero-order chi connectivity index (χ0) is 12.5. The van der Waals surface area contributed by atoms with Crippen LogP contribution in [0.4, 0.5) is 0 Å². The summed E-state index contributed by atoms with van der Waals surface area (Å²) in [5.74, 6) is -0.0681. The lowest BCUT2D eigenvalue weighted by molar-refractivity contribution is -0.146. The van der Waals surface area contributed by atoms with Gasteiger partial charge in [-0.3, -0.25) is 9.69 Å². The first kappa shape index (κ1) is 14.5. The molecule has 0 radical (unpaired) electrons. The Morgan fingerprint density at radius 2 is 2.29 bits per heavy atom. The van der Waals surface area contributed by atoms with Gasteiger partial charge >= 0.3 is 5.97 Å². The molecule has 1 N–H and O–H groups in total. The van der Waals surface area contributed by atoms with Crippen LogP contribution in [0.25, 0.3) is 0 Å². The molecular formula is C13H26N2O2. The van der Waals surface area contributed by atoms with Crippen molar-refractivity contribution in [1.29, 1.82) is 0 Å². The van der Waals surface area contributed by atoms with Gasteiger partial charge in [0.05, 0.1) is 13.2 Å². The lowest BCUT2D eigenvalue weighted by Gasteiger charge is -2.34. The smallest absolute Gasteiger partial charge is 0.320 e. The first-order chi connectivity index (χ1) is 8.27. The first-order valence-corrected chi connectivity index (χ1v) is 6.82. The number of esters is 1. The Labute approximate surface area is 105 Å². The Kier molecular flexibility index (Phi) is 7.21. The predicted molar refractivity (Wildman–Crippen MR) is 69.0 cm³/mol. The van der Waals surface area contributed by atoms with Crippen molar-refractivity contribution in [3.63, 3.8) is 0 Å². The van der Waals surface area contributed by atoms with Crippen LogP contribution in [0.2, 0.25) is 0 Å². The molecule has 1 atom stereocenters. The first-order valence-electron chi connectivity index (χ1n) is 6.82. The van der Waals surface area contributed by atoms with E-state index in [0.29, 0.717) is 19.2 Å². The third-order valence-electron chi connectivity index (χ3n) is 3.28. The molecule has 17 heavy (non-hydrogen) atoms. The normalized spacial score (nSPS) is 21.4. The number of rotatable bonds is 7. The Morgan fingerprint density at radius 3 is 3.00 bits per heavy atom. The maximum Gasteiger partial charge on any atom is 0.320 e. The number of likely N-dealkylation sites (N-methyl/N-ethyl adjacent to an activating group) is 1. The molecule has 1 aliphatic rings. The van der Waals surface area contributed by atoms with Crippen molar-refractivity contribution in [2.45, 2.75) is 45.1 Å². The molecule has 100 valence electrons. The number of ether oxygens (including phenoxy) is 1. The predicted octanol–water partition coefficient (Wildman–Crippen LogP) is 1.40. The SMILES string of the molecule is CCCCOC(=O)CN1CCCCC1CNC. The van der Waals surface area contributed by atoms with E-state index in [2.05, 4.69) is 17.1 Å². The van der Waals surface area contributed by atoms with Gasteiger partial charge in [0.2, 0.25) is 0 Å². The van der Waals surface area contributed by atoms with E-state index in [-0.39, 0.29) is 5.97 Å². The summed E-state index contributed by atoms with van der Waals surface area (Å²) in [5, 5.41) is 3.20. The Bertz CT molecular complexity index is 219. The largest absolute Gasteiger partial charge is 0.465 e. The molecule has 0 spiro atoms. The van der Waals surface area contributed by atoms with Gasteiger partial charge in [-0.15, -0.1) is 0 Å². The van der Waals surface area contributed by atoms with Crippen LogP contribution in [0.15, 0.2) is 0 Å². The molecule has 4 nitrogen and oxygen atoms in total. The average Bonchev–Trinajstić information content (AvgIpc) is 2.32. The standard InChI is InChI=1S/C13H26N2O2/c1-3-4-9-17-13(16)11-15-8-6-5-7-12(15)10-14-2/h12,14H,3-11H2,1-2H3. The summed E-state index contributed by atoms with van der Waals surface area (Å²) >= 11 is 0. The van der Waals surface area contributed by atoms with Crippen molar-refractivity contribution in [2.75, 3.05) is 33.3 Å². The lowest BCUT2D eigenvalue weighted by atomic mass is 10.0. The summed E-state index contributed by atoms with van der Waals surface area (Å²) in [7, 11) is 1.96. The van der Waals surface area contributed by atoms with Crippen LogP contribution < -0.4 is 5.32 Å². The van der Waals surface area contributed by atoms with E-state index in [9.17, 15) is 4.79 Å². The van der Waals surface area contributed by atoms with E-state index >= 15 is 0 Å². The Morgan fingerprint density at radius 1 is 1.47 bits per heavy atom. The van der Waals surface area contributed by atoms with E-state index in [1.165, 1.54) is 19.3 Å². The van der Waals surface area contributed by atoms with Crippen molar-refractivity contribution >= 4 is 5.97 Å². The second-order valence-electron chi connectivity index (χ2n) is 4.75. The number of nitrogens with one attached hydrogen (secondary N) is 1. The second-order valence-corrected chi connectivity index (χ2v) is 4.75. The minimum Gasteiger partial charge on any atom is -0.465 e. The second kappa shape index (κ2) is 8.48. The van der Waals surface area contributed by atoms with Crippen molar-refractivity contribution in [2.24, 2.45) is 0 Å². The van der Waals surface area contributed by atoms with Crippen LogP contribution >= 0.6 is 0 Å². The van der Waals surface area contributed by atoms with Crippen LogP contribution in [0, 0.1) is 0 Å². The molecule has 1 unspecified atom stereocenters. The molecule has 0 aromatic heterocycles. The van der Waals surface area contributed by atoms with Gasteiger partial charge in [0, 0.05) is 12.6 Å². The summed E-state index contributed by atoms with van der Waals surface area (Å²) < 4.78 is 5.21. The van der Waals surface area contributed by atoms with Crippen LogP contribution in [0.1, 0.15) is 39.0 Å². The van der Waals surface area contributed by atoms with Gasteiger partial charge in [0.15, 0.2) is 0 Å². The topological polar surface area (TPSA) is 41.6 Å². The van der Waals surface area contributed by atoms with Crippen LogP contribution in [0.3, 0.4) is 0 Å². The van der Waals surface area contributed by atoms with Crippen LogP contribution in [0.5, 0.6) is 0 Å². The van der Waals surface area contributed by atoms with E-state index in [4.69, 9.17) is 4.74 Å². The van der Waals surface area contributed by atoms with E-state index in [1.54, 1.807) is 0 Å². The maximum absolute atomic E-state index is 11.7. The fourth-order valence-corrected chi connectivity index (χ4v) is 2.28. The number of carbonyl (C=O) groups excluding carboxylic acids is 1. The molecule has 0 aromatic carbocycles. The zero-order valence-electron chi connectivity index (χ0n) is 11.2. The summed E-state index contributed by atoms with van der Waals surface area (Å²) in [4.78, 5) is 13.9. The Balaban J connectivity index is 2.28. The molecule has 1 saturated heterocycles. The molecular weight excluding hydrogens is 216 g/mol. The molecule has 1 aliphatic heterocycles. The highest BCUT2D eigenvalue weighted by atomic mass is 16.5. The van der Waals surface area contributed by atoms with E-state index < -0.39 is 0 Å².